The molecule has 4 aliphatic heterocycles. The highest BCUT2D eigenvalue weighted by Gasteiger charge is 2.60. The van der Waals surface area contributed by atoms with Gasteiger partial charge >= 0.3 is 5.97 Å². The monoisotopic (exact) mass is 642 g/mol. The van der Waals surface area contributed by atoms with Gasteiger partial charge in [-0.15, -0.1) is 23.1 Å². The van der Waals surface area contributed by atoms with E-state index in [-0.39, 0.29) is 47.0 Å². The van der Waals surface area contributed by atoms with Gasteiger partial charge in [0, 0.05) is 72.9 Å². The minimum absolute atomic E-state index is 0.0456. The molecule has 2 amide bonds. The number of hydrogen-bond donors (Lipinski definition) is 1. The van der Waals surface area contributed by atoms with Crippen LogP contribution >= 0.6 is 23.1 Å². The molecule has 4 atom stereocenters. The molecule has 1 aromatic heterocycles. The highest BCUT2D eigenvalue weighted by Crippen LogP contribution is 2.52. The number of rotatable bonds is 9. The Morgan fingerprint density at radius 3 is 2.52 bits per heavy atom. The summed E-state index contributed by atoms with van der Waals surface area (Å²) < 4.78 is 5.60. The van der Waals surface area contributed by atoms with Crippen molar-refractivity contribution in [2.75, 3.05) is 51.2 Å². The van der Waals surface area contributed by atoms with Crippen molar-refractivity contribution in [3.05, 3.63) is 61.6 Å². The predicted molar refractivity (Wildman–Crippen MR) is 164 cm³/mol. The molecule has 1 aromatic carbocycles. The minimum atomic E-state index is -0.847. The van der Waals surface area contributed by atoms with Crippen LogP contribution in [0.25, 0.3) is 0 Å². The molecular formula is C29H34N6O7S2. The molecule has 1 N–H and O–H groups in total. The number of likely N-dealkylation sites (N-methyl/N-ethyl adjacent to an activating group) is 1. The van der Waals surface area contributed by atoms with Crippen molar-refractivity contribution in [3.8, 4) is 0 Å². The second-order valence-electron chi connectivity index (χ2n) is 11.7. The number of nitro benzene ring substituents is 1. The Morgan fingerprint density at radius 1 is 1.20 bits per heavy atom. The van der Waals surface area contributed by atoms with Crippen molar-refractivity contribution in [2.45, 2.75) is 37.9 Å². The fourth-order valence-corrected chi connectivity index (χ4v) is 8.46. The van der Waals surface area contributed by atoms with Crippen LogP contribution in [0.15, 0.2) is 40.2 Å². The number of amides is 2. The molecule has 15 heteroatoms. The zero-order chi connectivity index (χ0) is 31.3. The van der Waals surface area contributed by atoms with Crippen molar-refractivity contribution in [2.24, 2.45) is 11.8 Å². The number of fused-ring (bicyclic) bond motifs is 1. The maximum Gasteiger partial charge on any atom is 0.356 e. The van der Waals surface area contributed by atoms with E-state index in [1.54, 1.807) is 18.7 Å². The number of anilines is 1. The third-order valence-corrected chi connectivity index (χ3v) is 11.1. The Balaban J connectivity index is 1.12. The summed E-state index contributed by atoms with van der Waals surface area (Å²) in [6.45, 7) is 7.85. The molecule has 0 unspecified atom stereocenters. The highest BCUT2D eigenvalue weighted by molar-refractivity contribution is 8.03. The van der Waals surface area contributed by atoms with E-state index in [4.69, 9.17) is 4.74 Å². The molecule has 2 aromatic rings. The number of hydrogen-bond acceptors (Lipinski definition) is 12. The SMILES string of the molecule is C[C@@H](O)[C@H]1C(=O)N2C(C(=O)OCc3ccc([N+](=O)[O-])cc3)=C(SC3CN(c4nc(C(=O)N5CCN(C)CC5)cs4)C3)[C@H](C)[C@H]12. The van der Waals surface area contributed by atoms with Crippen molar-refractivity contribution in [3.63, 3.8) is 0 Å². The number of nitro groups is 1. The fourth-order valence-electron chi connectivity index (χ4n) is 6.13. The van der Waals surface area contributed by atoms with E-state index < -0.39 is 22.9 Å². The summed E-state index contributed by atoms with van der Waals surface area (Å²) in [5, 5.41) is 24.0. The first-order chi connectivity index (χ1) is 21.0. The molecule has 0 radical (unpaired) electrons. The summed E-state index contributed by atoms with van der Waals surface area (Å²) in [7, 11) is 2.04. The predicted octanol–water partition coefficient (Wildman–Crippen LogP) is 2.17. The topological polar surface area (TPSA) is 150 Å². The van der Waals surface area contributed by atoms with Gasteiger partial charge in [-0.1, -0.05) is 6.92 Å². The van der Waals surface area contributed by atoms with Gasteiger partial charge in [-0.2, -0.15) is 0 Å². The van der Waals surface area contributed by atoms with Crippen molar-refractivity contribution in [1.29, 1.82) is 0 Å². The lowest BCUT2D eigenvalue weighted by Crippen LogP contribution is -2.63. The largest absolute Gasteiger partial charge is 0.456 e. The number of esters is 1. The summed E-state index contributed by atoms with van der Waals surface area (Å²) in [5.74, 6) is -1.74. The number of carbonyl (C=O) groups excluding carboxylic acids is 3. The molecule has 3 saturated heterocycles. The van der Waals surface area contributed by atoms with Gasteiger partial charge in [0.25, 0.3) is 11.6 Å². The number of thioether (sulfide) groups is 1. The number of β-lactam (4-membered cyclic amide) rings is 1. The normalized spacial score (nSPS) is 24.6. The number of thiazole rings is 1. The summed E-state index contributed by atoms with van der Waals surface area (Å²) in [5.41, 5.74) is 1.20. The molecule has 4 aliphatic rings. The number of benzene rings is 1. The Bertz CT molecular complexity index is 1500. The van der Waals surface area contributed by atoms with E-state index in [0.29, 0.717) is 37.4 Å². The number of carbonyl (C=O) groups is 3. The third kappa shape index (κ3) is 5.57. The van der Waals surface area contributed by atoms with Crippen LogP contribution in [0.2, 0.25) is 0 Å². The molecule has 13 nitrogen and oxygen atoms in total. The van der Waals surface area contributed by atoms with Gasteiger partial charge in [0.2, 0.25) is 5.91 Å². The molecule has 0 bridgehead atoms. The first-order valence-electron chi connectivity index (χ1n) is 14.5. The molecule has 44 heavy (non-hydrogen) atoms. The molecule has 5 heterocycles. The minimum Gasteiger partial charge on any atom is -0.456 e. The number of aliphatic hydroxyl groups is 1. The number of ether oxygens (including phenoxy) is 1. The van der Waals surface area contributed by atoms with Gasteiger partial charge in [0.05, 0.1) is 23.0 Å². The van der Waals surface area contributed by atoms with Crippen LogP contribution in [0.5, 0.6) is 0 Å². The lowest BCUT2D eigenvalue weighted by molar-refractivity contribution is -0.384. The number of aliphatic hydroxyl groups excluding tert-OH is 1. The van der Waals surface area contributed by atoms with E-state index in [0.717, 1.165) is 23.1 Å². The number of aromatic nitrogens is 1. The Morgan fingerprint density at radius 2 is 1.89 bits per heavy atom. The third-order valence-electron chi connectivity index (χ3n) is 8.73. The van der Waals surface area contributed by atoms with Crippen LogP contribution in [0.4, 0.5) is 10.8 Å². The van der Waals surface area contributed by atoms with Gasteiger partial charge in [-0.25, -0.2) is 9.78 Å². The van der Waals surface area contributed by atoms with E-state index in [1.807, 2.05) is 24.3 Å². The van der Waals surface area contributed by atoms with Gasteiger partial charge in [-0.3, -0.25) is 19.7 Å². The summed E-state index contributed by atoms with van der Waals surface area (Å²) >= 11 is 2.99. The summed E-state index contributed by atoms with van der Waals surface area (Å²) in [6, 6.07) is 5.42. The van der Waals surface area contributed by atoms with Gasteiger partial charge < -0.3 is 29.4 Å². The Kier molecular flexibility index (Phi) is 8.39. The van der Waals surface area contributed by atoms with Gasteiger partial charge in [-0.05, 0) is 31.7 Å². The zero-order valence-corrected chi connectivity index (χ0v) is 26.3. The van der Waals surface area contributed by atoms with Crippen LogP contribution in [0, 0.1) is 22.0 Å². The first kappa shape index (κ1) is 30.5. The molecular weight excluding hydrogens is 608 g/mol. The van der Waals surface area contributed by atoms with Gasteiger partial charge in [0.1, 0.15) is 18.0 Å². The van der Waals surface area contributed by atoms with Crippen LogP contribution in [0.1, 0.15) is 29.9 Å². The Hall–Kier alpha value is -3.53. The van der Waals surface area contributed by atoms with E-state index >= 15 is 0 Å². The highest BCUT2D eigenvalue weighted by atomic mass is 32.2. The molecule has 0 aliphatic carbocycles. The summed E-state index contributed by atoms with van der Waals surface area (Å²) in [4.78, 5) is 62.9. The van der Waals surface area contributed by atoms with Crippen molar-refractivity contribution < 1.29 is 29.2 Å². The maximum atomic E-state index is 13.4. The first-order valence-corrected chi connectivity index (χ1v) is 16.3. The molecule has 3 fully saturated rings. The number of piperazine rings is 1. The maximum absolute atomic E-state index is 13.4. The number of nitrogens with zero attached hydrogens (tertiary/aromatic N) is 6. The van der Waals surface area contributed by atoms with Crippen LogP contribution in [-0.4, -0.2) is 111 Å². The fraction of sp³-hybridized carbons (Fsp3) is 0.517. The molecule has 234 valence electrons. The average molecular weight is 643 g/mol. The van der Waals surface area contributed by atoms with Crippen LogP contribution in [-0.2, 0) is 20.9 Å². The van der Waals surface area contributed by atoms with Crippen molar-refractivity contribution in [1.82, 2.24) is 19.7 Å². The van der Waals surface area contributed by atoms with Crippen LogP contribution in [0.3, 0.4) is 0 Å². The standard InChI is InChI=1S/C29H34N6O7S2/c1-16-23-22(17(2)36)27(38)34(23)24(28(39)42-14-18-4-6-19(7-5-18)35(40)41)25(16)44-20-12-33(13-20)29-30-21(15-43-29)26(37)32-10-8-31(3)9-11-32/h4-7,15-17,20,22-23,36H,8-14H2,1-3H3/t16-,17-,22-,23-/m1/s1. The molecule has 6 rings (SSSR count). The Labute approximate surface area is 262 Å². The summed E-state index contributed by atoms with van der Waals surface area (Å²) in [6.07, 6.45) is -0.847. The van der Waals surface area contributed by atoms with Crippen LogP contribution < -0.4 is 4.90 Å². The molecule has 0 spiro atoms. The second kappa shape index (κ2) is 12.1. The van der Waals surface area contributed by atoms with Crippen molar-refractivity contribution >= 4 is 51.7 Å². The van der Waals surface area contributed by atoms with E-state index in [1.165, 1.54) is 40.5 Å². The smallest absolute Gasteiger partial charge is 0.356 e. The quantitative estimate of drug-likeness (QED) is 0.186. The zero-order valence-electron chi connectivity index (χ0n) is 24.6. The van der Waals surface area contributed by atoms with Gasteiger partial charge in [0.15, 0.2) is 5.13 Å². The molecule has 0 saturated carbocycles. The lowest BCUT2D eigenvalue weighted by atomic mass is 9.79. The van der Waals surface area contributed by atoms with E-state index in [9.17, 15) is 29.6 Å². The second-order valence-corrected chi connectivity index (χ2v) is 13.9. The average Bonchev–Trinajstić information content (AvgIpc) is 3.55. The van der Waals surface area contributed by atoms with E-state index in [2.05, 4.69) is 14.8 Å². The number of non-ortho nitro benzene ring substituents is 1. The lowest BCUT2D eigenvalue weighted by Gasteiger charge is -2.46.